The highest BCUT2D eigenvalue weighted by Gasteiger charge is 2.01. The van der Waals surface area contributed by atoms with E-state index in [0.717, 1.165) is 30.2 Å². The summed E-state index contributed by atoms with van der Waals surface area (Å²) in [5.41, 5.74) is 2.14. The van der Waals surface area contributed by atoms with E-state index in [4.69, 9.17) is 0 Å². The molecule has 4 heteroatoms. The Morgan fingerprint density at radius 1 is 1.33 bits per heavy atom. The third kappa shape index (κ3) is 2.41. The minimum absolute atomic E-state index is 0.779. The predicted octanol–water partition coefficient (Wildman–Crippen LogP) is 1.58. The summed E-state index contributed by atoms with van der Waals surface area (Å²) in [4.78, 5) is 11.5. The van der Waals surface area contributed by atoms with Gasteiger partial charge in [-0.2, -0.15) is 0 Å². The number of aromatic nitrogens is 3. The number of nitrogens with zero attached hydrogens (tertiary/aromatic N) is 2. The summed E-state index contributed by atoms with van der Waals surface area (Å²) in [6.07, 6.45) is 5.41. The van der Waals surface area contributed by atoms with Gasteiger partial charge in [-0.05, 0) is 18.7 Å². The van der Waals surface area contributed by atoms with E-state index >= 15 is 0 Å². The highest BCUT2D eigenvalue weighted by Crippen LogP contribution is 2.14. The molecule has 0 spiro atoms. The molecule has 0 aliphatic carbocycles. The van der Waals surface area contributed by atoms with Crippen molar-refractivity contribution in [1.29, 1.82) is 0 Å². The number of H-pyrrole nitrogens is 1. The fourth-order valence-corrected chi connectivity index (χ4v) is 1.37. The quantitative estimate of drug-likeness (QED) is 0.791. The Morgan fingerprint density at radius 2 is 2.13 bits per heavy atom. The molecule has 4 nitrogen and oxygen atoms in total. The van der Waals surface area contributed by atoms with Gasteiger partial charge in [-0.1, -0.05) is 6.92 Å². The molecule has 2 rings (SSSR count). The van der Waals surface area contributed by atoms with Crippen LogP contribution in [0, 0.1) is 0 Å². The van der Waals surface area contributed by atoms with Crippen molar-refractivity contribution in [3.05, 3.63) is 36.5 Å². The van der Waals surface area contributed by atoms with Gasteiger partial charge in [-0.15, -0.1) is 0 Å². The van der Waals surface area contributed by atoms with Crippen LogP contribution in [-0.2, 0) is 6.54 Å². The molecule has 0 aliphatic heterocycles. The lowest BCUT2D eigenvalue weighted by Gasteiger charge is -1.97. The van der Waals surface area contributed by atoms with Crippen LogP contribution in [0.2, 0.25) is 0 Å². The lowest BCUT2D eigenvalue weighted by Crippen LogP contribution is -2.12. The summed E-state index contributed by atoms with van der Waals surface area (Å²) in [5, 5.41) is 3.22. The van der Waals surface area contributed by atoms with Gasteiger partial charge in [0, 0.05) is 18.0 Å². The average molecular weight is 202 g/mol. The van der Waals surface area contributed by atoms with E-state index < -0.39 is 0 Å². The van der Waals surface area contributed by atoms with Crippen LogP contribution in [0.3, 0.4) is 0 Å². The molecule has 0 saturated heterocycles. The maximum atomic E-state index is 4.29. The lowest BCUT2D eigenvalue weighted by molar-refractivity contribution is 0.698. The molecule has 2 N–H and O–H groups in total. The van der Waals surface area contributed by atoms with Crippen molar-refractivity contribution in [2.75, 3.05) is 6.54 Å². The maximum Gasteiger partial charge on any atom is 0.120 e. The van der Waals surface area contributed by atoms with Crippen molar-refractivity contribution in [1.82, 2.24) is 20.3 Å². The molecule has 0 aromatic carbocycles. The summed E-state index contributed by atoms with van der Waals surface area (Å²) >= 11 is 0. The van der Waals surface area contributed by atoms with E-state index in [9.17, 15) is 0 Å². The number of imidazole rings is 1. The summed E-state index contributed by atoms with van der Waals surface area (Å²) in [6.45, 7) is 3.81. The zero-order valence-electron chi connectivity index (χ0n) is 8.70. The van der Waals surface area contributed by atoms with Gasteiger partial charge in [0.15, 0.2) is 0 Å². The molecule has 0 fully saturated rings. The van der Waals surface area contributed by atoms with Gasteiger partial charge in [0.25, 0.3) is 0 Å². The molecule has 0 atom stereocenters. The van der Waals surface area contributed by atoms with Crippen LogP contribution < -0.4 is 5.32 Å². The zero-order valence-corrected chi connectivity index (χ0v) is 8.70. The second kappa shape index (κ2) is 4.70. The van der Waals surface area contributed by atoms with Crippen LogP contribution in [0.1, 0.15) is 12.7 Å². The third-order valence-electron chi connectivity index (χ3n) is 2.16. The summed E-state index contributed by atoms with van der Waals surface area (Å²) < 4.78 is 0. The molecule has 0 aliphatic rings. The first kappa shape index (κ1) is 9.86. The Morgan fingerprint density at radius 3 is 2.87 bits per heavy atom. The molecule has 2 aromatic heterocycles. The highest BCUT2D eigenvalue weighted by atomic mass is 15.0. The topological polar surface area (TPSA) is 53.6 Å². The fourth-order valence-electron chi connectivity index (χ4n) is 1.37. The van der Waals surface area contributed by atoms with Gasteiger partial charge in [0.1, 0.15) is 5.82 Å². The van der Waals surface area contributed by atoms with Crippen molar-refractivity contribution >= 4 is 0 Å². The third-order valence-corrected chi connectivity index (χ3v) is 2.16. The van der Waals surface area contributed by atoms with Gasteiger partial charge in [0.2, 0.25) is 0 Å². The van der Waals surface area contributed by atoms with Crippen molar-refractivity contribution in [3.8, 4) is 11.3 Å². The highest BCUT2D eigenvalue weighted by molar-refractivity contribution is 5.57. The summed E-state index contributed by atoms with van der Waals surface area (Å²) in [7, 11) is 0. The number of rotatable bonds is 4. The molecular weight excluding hydrogens is 188 g/mol. The van der Waals surface area contributed by atoms with Crippen molar-refractivity contribution in [2.45, 2.75) is 13.5 Å². The Hall–Kier alpha value is -1.68. The molecule has 15 heavy (non-hydrogen) atoms. The number of nitrogens with one attached hydrogen (secondary N) is 2. The first-order valence-corrected chi connectivity index (χ1v) is 5.05. The number of pyridine rings is 1. The Labute approximate surface area is 88.8 Å². The van der Waals surface area contributed by atoms with Crippen LogP contribution in [-0.4, -0.2) is 21.5 Å². The molecule has 0 radical (unpaired) electrons. The predicted molar refractivity (Wildman–Crippen MR) is 59.2 cm³/mol. The van der Waals surface area contributed by atoms with Crippen LogP contribution in [0.25, 0.3) is 11.3 Å². The second-order valence-electron chi connectivity index (χ2n) is 3.26. The van der Waals surface area contributed by atoms with Gasteiger partial charge in [0.05, 0.1) is 18.4 Å². The minimum atomic E-state index is 0.779. The van der Waals surface area contributed by atoms with Crippen LogP contribution in [0.5, 0.6) is 0 Å². The van der Waals surface area contributed by atoms with Gasteiger partial charge in [-0.3, -0.25) is 4.98 Å². The second-order valence-corrected chi connectivity index (χ2v) is 3.26. The van der Waals surface area contributed by atoms with E-state index in [1.54, 1.807) is 12.4 Å². The van der Waals surface area contributed by atoms with E-state index in [0.29, 0.717) is 0 Å². The first-order chi connectivity index (χ1) is 7.40. The Bertz CT molecular complexity index is 408. The largest absolute Gasteiger partial charge is 0.341 e. The number of hydrogen-bond acceptors (Lipinski definition) is 3. The average Bonchev–Trinajstić information content (AvgIpc) is 2.76. The smallest absolute Gasteiger partial charge is 0.120 e. The van der Waals surface area contributed by atoms with Crippen LogP contribution in [0.15, 0.2) is 30.7 Å². The zero-order chi connectivity index (χ0) is 10.5. The van der Waals surface area contributed by atoms with E-state index in [1.165, 1.54) is 0 Å². The van der Waals surface area contributed by atoms with Crippen molar-refractivity contribution < 1.29 is 0 Å². The lowest BCUT2D eigenvalue weighted by atomic mass is 10.2. The maximum absolute atomic E-state index is 4.29. The monoisotopic (exact) mass is 202 g/mol. The molecular formula is C11H14N4. The van der Waals surface area contributed by atoms with Crippen molar-refractivity contribution in [3.63, 3.8) is 0 Å². The molecule has 0 amide bonds. The molecule has 78 valence electrons. The van der Waals surface area contributed by atoms with Gasteiger partial charge >= 0.3 is 0 Å². The summed E-state index contributed by atoms with van der Waals surface area (Å²) in [6, 6.07) is 3.93. The number of hydrogen-bond donors (Lipinski definition) is 2. The molecule has 0 unspecified atom stereocenters. The van der Waals surface area contributed by atoms with Crippen molar-refractivity contribution in [2.24, 2.45) is 0 Å². The first-order valence-electron chi connectivity index (χ1n) is 5.05. The standard InChI is InChI=1S/C11H14N4/c1-2-12-8-11-14-7-10(15-11)9-3-5-13-6-4-9/h3-7,12H,2,8H2,1H3,(H,14,15). The van der Waals surface area contributed by atoms with Crippen LogP contribution >= 0.6 is 0 Å². The summed E-state index contributed by atoms with van der Waals surface area (Å²) in [5.74, 6) is 0.962. The number of aromatic amines is 1. The van der Waals surface area contributed by atoms with E-state index in [2.05, 4.69) is 27.2 Å². The SMILES string of the molecule is CCNCc1ncc(-c2ccncc2)[nH]1. The van der Waals surface area contributed by atoms with E-state index in [-0.39, 0.29) is 0 Å². The fraction of sp³-hybridized carbons (Fsp3) is 0.273. The molecule has 0 saturated carbocycles. The van der Waals surface area contributed by atoms with Gasteiger partial charge < -0.3 is 10.3 Å². The normalized spacial score (nSPS) is 10.5. The molecule has 2 aromatic rings. The van der Waals surface area contributed by atoms with E-state index in [1.807, 2.05) is 18.3 Å². The Balaban J connectivity index is 2.14. The Kier molecular flexibility index (Phi) is 3.09. The van der Waals surface area contributed by atoms with Crippen LogP contribution in [0.4, 0.5) is 0 Å². The molecule has 2 heterocycles. The minimum Gasteiger partial charge on any atom is -0.341 e. The van der Waals surface area contributed by atoms with Gasteiger partial charge in [-0.25, -0.2) is 4.98 Å². The molecule has 0 bridgehead atoms.